The predicted molar refractivity (Wildman–Crippen MR) is 118 cm³/mol. The van der Waals surface area contributed by atoms with Crippen LogP contribution in [0.4, 0.5) is 0 Å². The number of methoxy groups -OCH3 is 2. The average Bonchev–Trinajstić information content (AvgIpc) is 2.80. The molecule has 6 nitrogen and oxygen atoms in total. The Morgan fingerprint density at radius 2 is 2.03 bits per heavy atom. The Labute approximate surface area is 189 Å². The zero-order chi connectivity index (χ0) is 27.2. The van der Waals surface area contributed by atoms with Crippen LogP contribution in [0.2, 0.25) is 0 Å². The Hall–Kier alpha value is -1.79. The first kappa shape index (κ1) is 15.9. The molecule has 168 valence electrons. The van der Waals surface area contributed by atoms with E-state index >= 15 is 0 Å². The van der Waals surface area contributed by atoms with Crippen LogP contribution in [0.25, 0.3) is 0 Å². The van der Waals surface area contributed by atoms with E-state index in [-0.39, 0.29) is 24.9 Å². The first-order chi connectivity index (χ1) is 16.6. The van der Waals surface area contributed by atoms with Gasteiger partial charge in [-0.05, 0) is 47.9 Å². The topological polar surface area (TPSA) is 74.0 Å². The maximum Gasteiger partial charge on any atom is 0.323 e. The summed E-state index contributed by atoms with van der Waals surface area (Å²) in [6, 6.07) is 2.72. The number of piperidine rings is 1. The third kappa shape index (κ3) is 4.75. The van der Waals surface area contributed by atoms with E-state index in [1.807, 2.05) is 12.1 Å². The second-order valence-corrected chi connectivity index (χ2v) is 8.52. The Morgan fingerprint density at radius 3 is 2.67 bits per heavy atom. The molecule has 0 radical (unpaired) electrons. The van der Waals surface area contributed by atoms with Gasteiger partial charge >= 0.3 is 5.97 Å². The van der Waals surface area contributed by atoms with E-state index in [0.29, 0.717) is 24.5 Å². The number of carbonyl (C=O) groups excluding carboxylic acids is 1. The Morgan fingerprint density at radius 1 is 1.33 bits per heavy atom. The molecule has 0 aromatic heterocycles. The smallest absolute Gasteiger partial charge is 0.323 e. The molecule has 30 heavy (non-hydrogen) atoms. The molecule has 3 rings (SSSR count). The van der Waals surface area contributed by atoms with Crippen LogP contribution in [0.3, 0.4) is 0 Å². The molecule has 1 aromatic carbocycles. The van der Waals surface area contributed by atoms with E-state index in [1.165, 1.54) is 0 Å². The lowest BCUT2D eigenvalue weighted by Crippen LogP contribution is -2.51. The molecule has 0 saturated carbocycles. The monoisotopic (exact) mass is 424 g/mol. The van der Waals surface area contributed by atoms with Crippen molar-refractivity contribution in [2.75, 3.05) is 27.3 Å². The van der Waals surface area contributed by atoms with Crippen LogP contribution >= 0.6 is 0 Å². The molecule has 2 aliphatic rings. The summed E-state index contributed by atoms with van der Waals surface area (Å²) in [5.41, 5.74) is 8.06. The van der Waals surface area contributed by atoms with Crippen molar-refractivity contribution in [2.24, 2.45) is 23.5 Å². The van der Waals surface area contributed by atoms with Crippen molar-refractivity contribution < 1.29 is 27.2 Å². The maximum atomic E-state index is 12.9. The van der Waals surface area contributed by atoms with Gasteiger partial charge in [0.05, 0.1) is 14.2 Å². The second kappa shape index (κ2) is 9.56. The van der Waals surface area contributed by atoms with E-state index in [4.69, 9.17) is 28.2 Å². The molecule has 2 heterocycles. The number of nitrogens with two attached hydrogens (primary N) is 1. The number of esters is 1. The minimum Gasteiger partial charge on any atom is -0.493 e. The highest BCUT2D eigenvalue weighted by atomic mass is 16.5. The fourth-order valence-electron chi connectivity index (χ4n) is 4.38. The fourth-order valence-corrected chi connectivity index (χ4v) is 4.38. The van der Waals surface area contributed by atoms with Crippen LogP contribution in [0.5, 0.6) is 11.5 Å². The number of nitrogens with zero attached hydrogens (tertiary/aromatic N) is 1. The summed E-state index contributed by atoms with van der Waals surface area (Å²) in [7, 11) is 3.13. The van der Waals surface area contributed by atoms with Gasteiger partial charge in [0, 0.05) is 39.7 Å². The summed E-state index contributed by atoms with van der Waals surface area (Å²) < 4.78 is 66.5. The van der Waals surface area contributed by atoms with Gasteiger partial charge in [-0.15, -0.1) is 0 Å². The van der Waals surface area contributed by atoms with Crippen molar-refractivity contribution in [3.05, 3.63) is 23.3 Å². The number of hydrogen-bond acceptors (Lipinski definition) is 6. The van der Waals surface area contributed by atoms with E-state index in [2.05, 4.69) is 4.90 Å². The van der Waals surface area contributed by atoms with Gasteiger partial charge in [-0.2, -0.15) is 0 Å². The zero-order valence-corrected chi connectivity index (χ0v) is 18.5. The summed E-state index contributed by atoms with van der Waals surface area (Å²) in [4.78, 5) is 15.0. The number of hydrogen-bond donors (Lipinski definition) is 1. The fraction of sp³-hybridized carbons (Fsp3) is 0.708. The molecule has 5 atom stereocenters. The van der Waals surface area contributed by atoms with Crippen LogP contribution in [-0.2, 0) is 16.0 Å². The highest BCUT2D eigenvalue weighted by molar-refractivity contribution is 5.76. The van der Waals surface area contributed by atoms with Gasteiger partial charge < -0.3 is 19.9 Å². The quantitative estimate of drug-likeness (QED) is 0.675. The van der Waals surface area contributed by atoms with E-state index in [1.54, 1.807) is 28.1 Å². The average molecular weight is 425 g/mol. The molecule has 1 aromatic rings. The highest BCUT2D eigenvalue weighted by Gasteiger charge is 2.41. The summed E-state index contributed by atoms with van der Waals surface area (Å²) in [6.07, 6.45) is -2.54. The molecule has 2 N–H and O–H groups in total. The Balaban J connectivity index is 2.04. The van der Waals surface area contributed by atoms with Crippen LogP contribution in [-0.4, -0.2) is 50.3 Å². The molecule has 0 aliphatic carbocycles. The largest absolute Gasteiger partial charge is 0.493 e. The molecule has 4 unspecified atom stereocenters. The summed E-state index contributed by atoms with van der Waals surface area (Å²) in [5.74, 6) is -3.14. The Bertz CT molecular complexity index is 969. The van der Waals surface area contributed by atoms with Gasteiger partial charge in [0.15, 0.2) is 11.5 Å². The van der Waals surface area contributed by atoms with Gasteiger partial charge in [0.2, 0.25) is 0 Å². The molecular weight excluding hydrogens is 380 g/mol. The van der Waals surface area contributed by atoms with Gasteiger partial charge in [0.1, 0.15) is 12.1 Å². The number of carbonyl (C=O) groups is 1. The predicted octanol–water partition coefficient (Wildman–Crippen LogP) is 3.56. The lowest BCUT2D eigenvalue weighted by Gasteiger charge is -2.47. The van der Waals surface area contributed by atoms with Crippen LogP contribution < -0.4 is 15.2 Å². The lowest BCUT2D eigenvalue weighted by atomic mass is 9.79. The molecular formula is C24H38N2O4. The van der Waals surface area contributed by atoms with E-state index < -0.39 is 43.2 Å². The van der Waals surface area contributed by atoms with Gasteiger partial charge in [-0.1, -0.05) is 27.6 Å². The van der Waals surface area contributed by atoms with E-state index in [0.717, 1.165) is 18.1 Å². The lowest BCUT2D eigenvalue weighted by molar-refractivity contribution is -0.160. The zero-order valence-electron chi connectivity index (χ0n) is 24.5. The first-order valence-corrected chi connectivity index (χ1v) is 10.5. The minimum absolute atomic E-state index is 0.130. The summed E-state index contributed by atoms with van der Waals surface area (Å²) in [5, 5.41) is 0. The number of rotatable bonds is 7. The molecule has 2 aliphatic heterocycles. The van der Waals surface area contributed by atoms with Crippen LogP contribution in [0, 0.1) is 17.7 Å². The second-order valence-electron chi connectivity index (χ2n) is 8.52. The minimum atomic E-state index is -2.88. The van der Waals surface area contributed by atoms with Gasteiger partial charge in [0.25, 0.3) is 0 Å². The summed E-state index contributed by atoms with van der Waals surface area (Å²) >= 11 is 0. The van der Waals surface area contributed by atoms with Crippen LogP contribution in [0.15, 0.2) is 12.1 Å². The van der Waals surface area contributed by atoms with Gasteiger partial charge in [-0.25, -0.2) is 0 Å². The van der Waals surface area contributed by atoms with Crippen molar-refractivity contribution in [1.29, 1.82) is 0 Å². The van der Waals surface area contributed by atoms with Crippen LogP contribution in [0.1, 0.15) is 65.8 Å². The van der Waals surface area contributed by atoms with Crippen molar-refractivity contribution in [3.8, 4) is 11.5 Å². The standard InChI is InChI=1S/C24H38N2O4/c1-14(2)9-17-13-26-8-7-16-10-21(28-5)22(29-6)11-18(16)19(26)12-20(17)30-24(27)23(25)15(3)4/h10-11,14-15,17,19-20,23H,7-9,12-13,25H2,1-6H3/t17?,19?,20?,23-/m0/s1/i1D3,9D2,14D/t14?,17?,19?,20?,23-. The maximum absolute atomic E-state index is 12.9. The molecule has 6 heteroatoms. The first-order valence-electron chi connectivity index (χ1n) is 13.5. The SMILES string of the molecule is [2H]C([2H])([2H])C([2H])(C)C([2H])([2H])C1CN2CCc3cc(OC)c(OC)cc3C2CC1OC(=O)[C@@H](N)C(C)C. The molecule has 0 amide bonds. The third-order valence-corrected chi connectivity index (χ3v) is 6.11. The van der Waals surface area contributed by atoms with E-state index in [9.17, 15) is 4.79 Å². The number of fused-ring (bicyclic) bond motifs is 3. The molecule has 1 saturated heterocycles. The van der Waals surface area contributed by atoms with Crippen molar-refractivity contribution >= 4 is 5.97 Å². The molecule has 0 spiro atoms. The third-order valence-electron chi connectivity index (χ3n) is 6.11. The number of ether oxygens (including phenoxy) is 3. The van der Waals surface area contributed by atoms with Crippen molar-refractivity contribution in [2.45, 2.75) is 65.0 Å². The summed E-state index contributed by atoms with van der Waals surface area (Å²) in [6.45, 7) is 2.52. The number of benzene rings is 1. The normalized spacial score (nSPS) is 30.7. The molecule has 0 bridgehead atoms. The Kier molecular flexibility index (Phi) is 5.08. The van der Waals surface area contributed by atoms with Crippen molar-refractivity contribution in [1.82, 2.24) is 4.90 Å². The van der Waals surface area contributed by atoms with Crippen molar-refractivity contribution in [3.63, 3.8) is 0 Å². The van der Waals surface area contributed by atoms with Gasteiger partial charge in [-0.3, -0.25) is 9.69 Å². The molecule has 1 fully saturated rings. The highest BCUT2D eigenvalue weighted by Crippen LogP contribution is 2.44.